The van der Waals surface area contributed by atoms with Crippen molar-refractivity contribution in [3.63, 3.8) is 0 Å². The van der Waals surface area contributed by atoms with E-state index in [0.717, 1.165) is 24.6 Å². The molecule has 1 heterocycles. The second kappa shape index (κ2) is 6.10. The molecule has 0 aliphatic heterocycles. The molecule has 0 saturated heterocycles. The third-order valence-electron chi connectivity index (χ3n) is 3.15. The smallest absolute Gasteiger partial charge is 0.213 e. The molecule has 1 saturated carbocycles. The van der Waals surface area contributed by atoms with Crippen LogP contribution in [0.3, 0.4) is 0 Å². The van der Waals surface area contributed by atoms with Gasteiger partial charge in [0.1, 0.15) is 0 Å². The second-order valence-electron chi connectivity index (χ2n) is 6.26. The zero-order valence-corrected chi connectivity index (χ0v) is 12.8. The Morgan fingerprint density at radius 3 is 2.74 bits per heavy atom. The van der Waals surface area contributed by atoms with Gasteiger partial charge in [-0.1, -0.05) is 24.4 Å². The molecule has 1 N–H and O–H groups in total. The van der Waals surface area contributed by atoms with Crippen molar-refractivity contribution in [3.8, 4) is 5.88 Å². The average Bonchev–Trinajstić information content (AvgIpc) is 3.12. The van der Waals surface area contributed by atoms with E-state index < -0.39 is 0 Å². The molecule has 2 rings (SSSR count). The maximum absolute atomic E-state index is 6.16. The third kappa shape index (κ3) is 5.37. The van der Waals surface area contributed by atoms with Gasteiger partial charge in [0.15, 0.2) is 0 Å². The van der Waals surface area contributed by atoms with Crippen LogP contribution in [0.1, 0.15) is 45.7 Å². The molecule has 1 aliphatic rings. The van der Waals surface area contributed by atoms with Crippen molar-refractivity contribution in [3.05, 3.63) is 22.8 Å². The van der Waals surface area contributed by atoms with Gasteiger partial charge in [-0.15, -0.1) is 0 Å². The van der Waals surface area contributed by atoms with Crippen molar-refractivity contribution in [1.29, 1.82) is 0 Å². The van der Waals surface area contributed by atoms with Crippen LogP contribution < -0.4 is 10.1 Å². The molecule has 0 bridgehead atoms. The molecule has 0 aromatic carbocycles. The van der Waals surface area contributed by atoms with Crippen molar-refractivity contribution in [1.82, 2.24) is 10.3 Å². The fraction of sp³-hybridized carbons (Fsp3) is 0.667. The van der Waals surface area contributed by atoms with E-state index >= 15 is 0 Å². The van der Waals surface area contributed by atoms with Crippen molar-refractivity contribution >= 4 is 11.6 Å². The second-order valence-corrected chi connectivity index (χ2v) is 6.67. The maximum atomic E-state index is 6.16. The molecular weight excluding hydrogens is 260 g/mol. The molecule has 0 amide bonds. The fourth-order valence-corrected chi connectivity index (χ4v) is 1.93. The summed E-state index contributed by atoms with van der Waals surface area (Å²) in [7, 11) is 0. The molecule has 1 aromatic heterocycles. The zero-order chi connectivity index (χ0) is 13.9. The monoisotopic (exact) mass is 282 g/mol. The van der Waals surface area contributed by atoms with Crippen LogP contribution in [0.5, 0.6) is 5.88 Å². The molecule has 3 nitrogen and oxygen atoms in total. The quantitative estimate of drug-likeness (QED) is 0.862. The van der Waals surface area contributed by atoms with Gasteiger partial charge >= 0.3 is 0 Å². The Hall–Kier alpha value is -0.800. The Labute approximate surface area is 120 Å². The van der Waals surface area contributed by atoms with Crippen molar-refractivity contribution in [2.45, 2.75) is 52.1 Å². The summed E-state index contributed by atoms with van der Waals surface area (Å²) in [6.07, 6.45) is 3.86. The highest BCUT2D eigenvalue weighted by molar-refractivity contribution is 6.31. The Kier molecular flexibility index (Phi) is 4.69. The van der Waals surface area contributed by atoms with Crippen molar-refractivity contribution in [2.24, 2.45) is 5.92 Å². The predicted molar refractivity (Wildman–Crippen MR) is 78.7 cm³/mol. The zero-order valence-electron chi connectivity index (χ0n) is 12.0. The Bertz CT molecular complexity index is 425. The summed E-state index contributed by atoms with van der Waals surface area (Å²) in [5, 5.41) is 4.07. The first-order valence-corrected chi connectivity index (χ1v) is 7.35. The maximum Gasteiger partial charge on any atom is 0.213 e. The van der Waals surface area contributed by atoms with Gasteiger partial charge in [0.25, 0.3) is 0 Å². The summed E-state index contributed by atoms with van der Waals surface area (Å²) in [6, 6.07) is 3.70. The minimum Gasteiger partial charge on any atom is -0.478 e. The largest absolute Gasteiger partial charge is 0.478 e. The van der Waals surface area contributed by atoms with Gasteiger partial charge in [0.2, 0.25) is 5.88 Å². The van der Waals surface area contributed by atoms with Gasteiger partial charge in [-0.25, -0.2) is 4.98 Å². The number of ether oxygens (including phenoxy) is 1. The third-order valence-corrected chi connectivity index (χ3v) is 3.50. The number of pyridine rings is 1. The molecule has 1 aliphatic carbocycles. The normalized spacial score (nSPS) is 15.6. The molecule has 1 aromatic rings. The van der Waals surface area contributed by atoms with E-state index in [1.165, 1.54) is 12.8 Å². The number of nitrogens with one attached hydrogen (secondary N) is 1. The molecule has 1 fully saturated rings. The highest BCUT2D eigenvalue weighted by Crippen LogP contribution is 2.32. The molecule has 0 spiro atoms. The molecule has 4 heteroatoms. The van der Waals surface area contributed by atoms with Crippen molar-refractivity contribution < 1.29 is 4.74 Å². The van der Waals surface area contributed by atoms with Gasteiger partial charge in [-0.2, -0.15) is 0 Å². The van der Waals surface area contributed by atoms with E-state index in [2.05, 4.69) is 31.1 Å². The lowest BCUT2D eigenvalue weighted by molar-refractivity contribution is 0.290. The highest BCUT2D eigenvalue weighted by atomic mass is 35.5. The molecular formula is C15H23ClN2O. The number of halogens is 1. The first kappa shape index (κ1) is 14.6. The Balaban J connectivity index is 1.89. The Morgan fingerprint density at radius 1 is 1.37 bits per heavy atom. The summed E-state index contributed by atoms with van der Waals surface area (Å²) in [6.45, 7) is 7.78. The molecule has 0 unspecified atom stereocenters. The van der Waals surface area contributed by atoms with E-state index in [9.17, 15) is 0 Å². The fourth-order valence-electron chi connectivity index (χ4n) is 1.75. The summed E-state index contributed by atoms with van der Waals surface area (Å²) >= 11 is 6.16. The average molecular weight is 283 g/mol. The van der Waals surface area contributed by atoms with E-state index in [4.69, 9.17) is 16.3 Å². The van der Waals surface area contributed by atoms with Gasteiger partial charge in [-0.05, 0) is 39.2 Å². The number of rotatable bonds is 6. The summed E-state index contributed by atoms with van der Waals surface area (Å²) in [4.78, 5) is 4.48. The van der Waals surface area contributed by atoms with Crippen LogP contribution in [0.25, 0.3) is 0 Å². The van der Waals surface area contributed by atoms with Crippen LogP contribution in [-0.2, 0) is 6.54 Å². The standard InChI is InChI=1S/C15H23ClN2O/c1-15(2,3)17-10-13-12(16)6-7-14(18-13)19-9-8-11-4-5-11/h6-7,11,17H,4-5,8-10H2,1-3H3. The van der Waals surface area contributed by atoms with Crippen molar-refractivity contribution in [2.75, 3.05) is 6.61 Å². The summed E-state index contributed by atoms with van der Waals surface area (Å²) in [5.74, 6) is 1.56. The van der Waals surface area contributed by atoms with E-state index in [1.807, 2.05) is 12.1 Å². The SMILES string of the molecule is CC(C)(C)NCc1nc(OCCC2CC2)ccc1Cl. The lowest BCUT2D eigenvalue weighted by Crippen LogP contribution is -2.35. The van der Waals surface area contributed by atoms with Crippen LogP contribution in [0, 0.1) is 5.92 Å². The van der Waals surface area contributed by atoms with E-state index in [0.29, 0.717) is 17.4 Å². The van der Waals surface area contributed by atoms with E-state index in [1.54, 1.807) is 0 Å². The number of nitrogens with zero attached hydrogens (tertiary/aromatic N) is 1. The van der Waals surface area contributed by atoms with Crippen LogP contribution in [0.2, 0.25) is 5.02 Å². The predicted octanol–water partition coefficient (Wildman–Crippen LogP) is 3.80. The number of hydrogen-bond acceptors (Lipinski definition) is 3. The lowest BCUT2D eigenvalue weighted by Gasteiger charge is -2.20. The lowest BCUT2D eigenvalue weighted by atomic mass is 10.1. The minimum absolute atomic E-state index is 0.0494. The van der Waals surface area contributed by atoms with E-state index in [-0.39, 0.29) is 5.54 Å². The van der Waals surface area contributed by atoms with Gasteiger partial charge in [-0.3, -0.25) is 0 Å². The van der Waals surface area contributed by atoms with Crippen LogP contribution >= 0.6 is 11.6 Å². The van der Waals surface area contributed by atoms with Gasteiger partial charge < -0.3 is 10.1 Å². The molecule has 0 atom stereocenters. The van der Waals surface area contributed by atoms with Gasteiger partial charge in [0, 0.05) is 18.2 Å². The Morgan fingerprint density at radius 2 is 2.11 bits per heavy atom. The van der Waals surface area contributed by atoms with Crippen LogP contribution in [0.15, 0.2) is 12.1 Å². The van der Waals surface area contributed by atoms with Gasteiger partial charge in [0.05, 0.1) is 17.3 Å². The summed E-state index contributed by atoms with van der Waals surface area (Å²) in [5.41, 5.74) is 0.897. The summed E-state index contributed by atoms with van der Waals surface area (Å²) < 4.78 is 5.69. The van der Waals surface area contributed by atoms with Crippen LogP contribution in [0.4, 0.5) is 0 Å². The number of hydrogen-bond donors (Lipinski definition) is 1. The molecule has 0 radical (unpaired) electrons. The first-order valence-electron chi connectivity index (χ1n) is 6.97. The minimum atomic E-state index is 0.0494. The van der Waals surface area contributed by atoms with Crippen LogP contribution in [-0.4, -0.2) is 17.1 Å². The molecule has 106 valence electrons. The topological polar surface area (TPSA) is 34.2 Å². The highest BCUT2D eigenvalue weighted by Gasteiger charge is 2.20. The number of aromatic nitrogens is 1. The molecule has 19 heavy (non-hydrogen) atoms. The first-order chi connectivity index (χ1) is 8.94.